The summed E-state index contributed by atoms with van der Waals surface area (Å²) in [6, 6.07) is 24.2. The molecule has 1 N–H and O–H groups in total. The van der Waals surface area contributed by atoms with Crippen LogP contribution < -0.4 is 14.8 Å². The summed E-state index contributed by atoms with van der Waals surface area (Å²) in [5.41, 5.74) is 2.32. The number of aryl methyl sites for hydroxylation is 1. The number of anilines is 1. The topological polar surface area (TPSA) is 116 Å². The number of carbonyl (C=O) groups is 2. The van der Waals surface area contributed by atoms with Crippen molar-refractivity contribution >= 4 is 46.8 Å². The molecule has 0 aliphatic carbocycles. The molecule has 0 radical (unpaired) electrons. The molecule has 2 aliphatic rings. The van der Waals surface area contributed by atoms with Gasteiger partial charge in [-0.25, -0.2) is 0 Å². The van der Waals surface area contributed by atoms with E-state index in [1.54, 1.807) is 7.11 Å². The van der Waals surface area contributed by atoms with Gasteiger partial charge in [0.1, 0.15) is 5.75 Å². The Kier molecular flexibility index (Phi) is 11.2. The van der Waals surface area contributed by atoms with Gasteiger partial charge in [0.2, 0.25) is 0 Å². The quantitative estimate of drug-likeness (QED) is 0.0920. The number of unbranched alkanes of at least 4 members (excludes halogenated alkanes) is 1. The lowest BCUT2D eigenvalue weighted by molar-refractivity contribution is -0.146. The predicted octanol–water partition coefficient (Wildman–Crippen LogP) is 6.17. The second kappa shape index (κ2) is 15.4. The molecule has 1 saturated heterocycles. The monoisotopic (exact) mass is 774 g/mol. The number of hydrogen-bond donors (Lipinski definition) is 1. The number of fused-ring (bicyclic) bond motifs is 2. The van der Waals surface area contributed by atoms with Crippen LogP contribution in [0.25, 0.3) is 0 Å². The van der Waals surface area contributed by atoms with Gasteiger partial charge in [0, 0.05) is 41.7 Å². The molecule has 0 saturated carbocycles. The number of amides is 1. The third-order valence-corrected chi connectivity index (χ3v) is 15.8. The number of rotatable bonds is 14. The third kappa shape index (κ3) is 7.03. The molecule has 1 fully saturated rings. The van der Waals surface area contributed by atoms with Crippen LogP contribution in [0.5, 0.6) is 5.75 Å². The Bertz CT molecular complexity index is 1840. The van der Waals surface area contributed by atoms with Crippen molar-refractivity contribution in [1.82, 2.24) is 15.0 Å². The SMILES string of the molecule is COC(=O)CCCCN1C(=O)[C@@]2(O[C@@H](CCn3cc(C(CO)c4ccccc4)nn3)[C@H]([Si](C)(C)c3ccc(OC)cc3)[C@H]2C)c2cc(Br)ccc21. The molecule has 51 heavy (non-hydrogen) atoms. The summed E-state index contributed by atoms with van der Waals surface area (Å²) >= 11 is 3.68. The van der Waals surface area contributed by atoms with Crippen LogP contribution >= 0.6 is 15.9 Å². The van der Waals surface area contributed by atoms with E-state index in [4.69, 9.17) is 14.2 Å². The second-order valence-corrected chi connectivity index (χ2v) is 19.8. The largest absolute Gasteiger partial charge is 0.497 e. The number of aliphatic hydroxyl groups excluding tert-OH is 1. The highest BCUT2D eigenvalue weighted by Crippen LogP contribution is 2.60. The Morgan fingerprint density at radius 3 is 2.49 bits per heavy atom. The number of benzene rings is 3. The minimum atomic E-state index is -2.33. The van der Waals surface area contributed by atoms with E-state index in [0.29, 0.717) is 44.5 Å². The number of ether oxygens (including phenoxy) is 3. The number of esters is 1. The summed E-state index contributed by atoms with van der Waals surface area (Å²) < 4.78 is 20.3. The number of nitrogens with zero attached hydrogens (tertiary/aromatic N) is 4. The molecular weight excluding hydrogens is 728 g/mol. The van der Waals surface area contributed by atoms with Crippen LogP contribution in [-0.4, -0.2) is 73.5 Å². The number of aromatic nitrogens is 3. The fraction of sp³-hybridized carbons (Fsp3) is 0.436. The second-order valence-electron chi connectivity index (χ2n) is 14.1. The number of carbonyl (C=O) groups excluding carboxylic acids is 2. The molecule has 12 heteroatoms. The summed E-state index contributed by atoms with van der Waals surface area (Å²) in [4.78, 5) is 28.6. The summed E-state index contributed by atoms with van der Waals surface area (Å²) in [5, 5.41) is 20.4. The molecule has 1 amide bonds. The number of methoxy groups -OCH3 is 2. The first-order valence-electron chi connectivity index (χ1n) is 17.6. The van der Waals surface area contributed by atoms with Crippen molar-refractivity contribution in [2.45, 2.75) is 75.4 Å². The van der Waals surface area contributed by atoms with Crippen molar-refractivity contribution in [2.75, 3.05) is 32.3 Å². The van der Waals surface area contributed by atoms with E-state index in [9.17, 15) is 14.7 Å². The van der Waals surface area contributed by atoms with Gasteiger partial charge >= 0.3 is 5.97 Å². The van der Waals surface area contributed by atoms with E-state index in [1.807, 2.05) is 76.4 Å². The summed E-state index contributed by atoms with van der Waals surface area (Å²) in [7, 11) is 0.736. The molecule has 6 rings (SSSR count). The molecule has 1 aromatic heterocycles. The van der Waals surface area contributed by atoms with Gasteiger partial charge in [0.05, 0.1) is 52.3 Å². The summed E-state index contributed by atoms with van der Waals surface area (Å²) in [6.07, 6.45) is 3.86. The van der Waals surface area contributed by atoms with Crippen molar-refractivity contribution in [3.05, 3.63) is 100 Å². The minimum absolute atomic E-state index is 0.0510. The van der Waals surface area contributed by atoms with Crippen molar-refractivity contribution in [2.24, 2.45) is 5.92 Å². The predicted molar refractivity (Wildman–Crippen MR) is 202 cm³/mol. The van der Waals surface area contributed by atoms with Crippen molar-refractivity contribution in [3.8, 4) is 5.75 Å². The van der Waals surface area contributed by atoms with E-state index in [0.717, 1.165) is 27.0 Å². The Morgan fingerprint density at radius 2 is 1.80 bits per heavy atom. The maximum Gasteiger partial charge on any atom is 0.305 e. The highest BCUT2D eigenvalue weighted by Gasteiger charge is 2.66. The average molecular weight is 776 g/mol. The first-order chi connectivity index (χ1) is 24.5. The van der Waals surface area contributed by atoms with Crippen LogP contribution in [0.1, 0.15) is 55.3 Å². The molecule has 0 bridgehead atoms. The van der Waals surface area contributed by atoms with Crippen LogP contribution in [0.15, 0.2) is 83.5 Å². The van der Waals surface area contributed by atoms with Crippen molar-refractivity contribution in [1.29, 1.82) is 0 Å². The number of halogens is 1. The molecule has 270 valence electrons. The lowest BCUT2D eigenvalue weighted by Crippen LogP contribution is -2.52. The Hall–Kier alpha value is -3.84. The Labute approximate surface area is 309 Å². The molecule has 10 nitrogen and oxygen atoms in total. The van der Waals surface area contributed by atoms with Gasteiger partial charge in [-0.3, -0.25) is 14.3 Å². The highest BCUT2D eigenvalue weighted by atomic mass is 79.9. The van der Waals surface area contributed by atoms with E-state index >= 15 is 0 Å². The smallest absolute Gasteiger partial charge is 0.305 e. The zero-order chi connectivity index (χ0) is 36.3. The van der Waals surface area contributed by atoms with E-state index in [2.05, 4.69) is 58.4 Å². The van der Waals surface area contributed by atoms with Crippen LogP contribution in [0.4, 0.5) is 5.69 Å². The van der Waals surface area contributed by atoms with Crippen LogP contribution in [0.2, 0.25) is 18.6 Å². The highest BCUT2D eigenvalue weighted by molar-refractivity contribution is 9.10. The zero-order valence-corrected chi connectivity index (χ0v) is 32.5. The molecule has 3 heterocycles. The maximum absolute atomic E-state index is 14.9. The zero-order valence-electron chi connectivity index (χ0n) is 29.9. The minimum Gasteiger partial charge on any atom is -0.497 e. The summed E-state index contributed by atoms with van der Waals surface area (Å²) in [6.45, 7) is 7.87. The molecule has 1 spiro atoms. The molecule has 4 aromatic rings. The number of aliphatic hydroxyl groups is 1. The van der Waals surface area contributed by atoms with Gasteiger partial charge in [-0.2, -0.15) is 0 Å². The van der Waals surface area contributed by atoms with Crippen LogP contribution in [-0.2, 0) is 31.2 Å². The first kappa shape index (κ1) is 36.9. The van der Waals surface area contributed by atoms with Gasteiger partial charge < -0.3 is 24.2 Å². The molecule has 2 aliphatic heterocycles. The molecule has 3 aromatic carbocycles. The fourth-order valence-corrected chi connectivity index (χ4v) is 12.7. The Balaban J connectivity index is 1.33. The van der Waals surface area contributed by atoms with E-state index in [-0.39, 0.29) is 42.0 Å². The van der Waals surface area contributed by atoms with Crippen molar-refractivity contribution < 1.29 is 28.9 Å². The lowest BCUT2D eigenvalue weighted by Gasteiger charge is -2.37. The molecule has 1 unspecified atom stereocenters. The Morgan fingerprint density at radius 1 is 1.06 bits per heavy atom. The van der Waals surface area contributed by atoms with E-state index in [1.165, 1.54) is 12.3 Å². The van der Waals surface area contributed by atoms with Gasteiger partial charge in [-0.1, -0.05) is 88.8 Å². The standard InChI is InChI=1S/C39H47BrN4O6Si/c1-26-37(51(4,5)30-17-15-29(48-2)16-18-30)35(20-22-43-24-33(41-42-43)31(25-45)27-11-7-6-8-12-27)50-39(26)32-23-28(40)14-19-34(32)44(38(39)47)21-10-9-13-36(46)49-3/h6-8,11-12,14-19,23-24,26,31,35,37,45H,9-10,13,20-22,25H2,1-5H3/t26-,31?,35+,37-,39+/m1/s1. The molecule has 5 atom stereocenters. The van der Waals surface area contributed by atoms with Crippen LogP contribution in [0.3, 0.4) is 0 Å². The van der Waals surface area contributed by atoms with Gasteiger partial charge in [0.25, 0.3) is 5.91 Å². The first-order valence-corrected chi connectivity index (χ1v) is 21.5. The van der Waals surface area contributed by atoms with Gasteiger partial charge in [-0.15, -0.1) is 5.10 Å². The average Bonchev–Trinajstić information content (AvgIpc) is 3.79. The summed E-state index contributed by atoms with van der Waals surface area (Å²) in [5.74, 6) is 0.0856. The van der Waals surface area contributed by atoms with Crippen molar-refractivity contribution in [3.63, 3.8) is 0 Å². The maximum atomic E-state index is 14.9. The fourth-order valence-electron chi connectivity index (χ4n) is 8.32. The number of hydrogen-bond acceptors (Lipinski definition) is 8. The van der Waals surface area contributed by atoms with Gasteiger partial charge in [0.15, 0.2) is 5.60 Å². The van der Waals surface area contributed by atoms with Gasteiger partial charge in [-0.05, 0) is 60.7 Å². The normalized spacial score (nSPS) is 22.0. The van der Waals surface area contributed by atoms with E-state index < -0.39 is 13.7 Å². The third-order valence-electron chi connectivity index (χ3n) is 11.0. The molecular formula is C39H47BrN4O6Si. The lowest BCUT2D eigenvalue weighted by atomic mass is 9.82. The van der Waals surface area contributed by atoms with Crippen LogP contribution in [0, 0.1) is 5.92 Å².